The molecule has 0 amide bonds. The quantitative estimate of drug-likeness (QED) is 0.924. The lowest BCUT2D eigenvalue weighted by atomic mass is 9.84. The first-order valence-corrected chi connectivity index (χ1v) is 7.89. The number of aromatic nitrogens is 2. The van der Waals surface area contributed by atoms with Crippen LogP contribution in [-0.2, 0) is 5.60 Å². The predicted molar refractivity (Wildman–Crippen MR) is 88.3 cm³/mol. The van der Waals surface area contributed by atoms with E-state index in [2.05, 4.69) is 14.9 Å². The highest BCUT2D eigenvalue weighted by molar-refractivity contribution is 6.30. The minimum absolute atomic E-state index is 0.678. The van der Waals surface area contributed by atoms with Crippen LogP contribution in [0.15, 0.2) is 30.6 Å². The molecule has 22 heavy (non-hydrogen) atoms. The molecule has 0 saturated carbocycles. The summed E-state index contributed by atoms with van der Waals surface area (Å²) < 4.78 is 0. The predicted octanol–water partition coefficient (Wildman–Crippen LogP) is 3.23. The van der Waals surface area contributed by atoms with E-state index in [1.807, 2.05) is 38.1 Å². The number of aryl methyl sites for hydroxylation is 1. The summed E-state index contributed by atoms with van der Waals surface area (Å²) in [6.07, 6.45) is 2.96. The maximum Gasteiger partial charge on any atom is 0.135 e. The van der Waals surface area contributed by atoms with Crippen LogP contribution in [-0.4, -0.2) is 28.2 Å². The van der Waals surface area contributed by atoms with Crippen molar-refractivity contribution in [3.63, 3.8) is 0 Å². The molecule has 0 bridgehead atoms. The Labute approximate surface area is 135 Å². The van der Waals surface area contributed by atoms with Crippen LogP contribution in [0, 0.1) is 13.8 Å². The molecular weight excluding hydrogens is 298 g/mol. The van der Waals surface area contributed by atoms with Crippen molar-refractivity contribution < 1.29 is 5.11 Å². The molecule has 1 N–H and O–H groups in total. The van der Waals surface area contributed by atoms with E-state index in [0.29, 0.717) is 17.9 Å². The molecule has 1 aromatic carbocycles. The second kappa shape index (κ2) is 5.86. The van der Waals surface area contributed by atoms with E-state index in [0.717, 1.165) is 35.7 Å². The minimum atomic E-state index is -0.781. The first kappa shape index (κ1) is 15.3. The van der Waals surface area contributed by atoms with Crippen LogP contribution < -0.4 is 4.90 Å². The number of piperidine rings is 1. The van der Waals surface area contributed by atoms with Crippen LogP contribution in [0.5, 0.6) is 0 Å². The van der Waals surface area contributed by atoms with Gasteiger partial charge >= 0.3 is 0 Å². The average Bonchev–Trinajstić information content (AvgIpc) is 2.52. The molecule has 5 heteroatoms. The number of rotatable bonds is 2. The van der Waals surface area contributed by atoms with Crippen molar-refractivity contribution >= 4 is 17.4 Å². The van der Waals surface area contributed by atoms with Gasteiger partial charge in [-0.2, -0.15) is 0 Å². The molecule has 1 aromatic heterocycles. The monoisotopic (exact) mass is 317 g/mol. The van der Waals surface area contributed by atoms with E-state index < -0.39 is 5.60 Å². The Bertz CT molecular complexity index is 664. The van der Waals surface area contributed by atoms with E-state index in [1.165, 1.54) is 0 Å². The van der Waals surface area contributed by atoms with Gasteiger partial charge in [0.1, 0.15) is 12.1 Å². The van der Waals surface area contributed by atoms with Crippen LogP contribution >= 0.6 is 11.6 Å². The molecule has 4 nitrogen and oxygen atoms in total. The third-order valence-corrected chi connectivity index (χ3v) is 4.83. The van der Waals surface area contributed by atoms with Crippen LogP contribution in [0.1, 0.15) is 29.7 Å². The van der Waals surface area contributed by atoms with Crippen LogP contribution in [0.25, 0.3) is 0 Å². The summed E-state index contributed by atoms with van der Waals surface area (Å²) in [7, 11) is 0. The molecule has 1 aliphatic heterocycles. The molecule has 1 fully saturated rings. The third-order valence-electron chi connectivity index (χ3n) is 4.58. The zero-order valence-electron chi connectivity index (χ0n) is 12.9. The highest BCUT2D eigenvalue weighted by atomic mass is 35.5. The van der Waals surface area contributed by atoms with E-state index in [9.17, 15) is 5.11 Å². The second-order valence-electron chi connectivity index (χ2n) is 5.93. The summed E-state index contributed by atoms with van der Waals surface area (Å²) in [5, 5.41) is 11.6. The Morgan fingerprint density at radius 1 is 1.09 bits per heavy atom. The van der Waals surface area contributed by atoms with Gasteiger partial charge in [0, 0.05) is 29.4 Å². The number of hydrogen-bond donors (Lipinski definition) is 1. The molecule has 2 aromatic rings. The lowest BCUT2D eigenvalue weighted by Gasteiger charge is -2.39. The fraction of sp³-hybridized carbons (Fsp3) is 0.412. The smallest absolute Gasteiger partial charge is 0.135 e. The highest BCUT2D eigenvalue weighted by Crippen LogP contribution is 2.35. The maximum absolute atomic E-state index is 10.9. The van der Waals surface area contributed by atoms with Gasteiger partial charge in [0.05, 0.1) is 5.60 Å². The number of aliphatic hydroxyl groups is 1. The Hall–Kier alpha value is -1.65. The lowest BCUT2D eigenvalue weighted by Crippen LogP contribution is -2.43. The van der Waals surface area contributed by atoms with E-state index in [4.69, 9.17) is 11.6 Å². The van der Waals surface area contributed by atoms with Crippen LogP contribution in [0.2, 0.25) is 5.02 Å². The summed E-state index contributed by atoms with van der Waals surface area (Å²) in [5.74, 6) is 0.977. The van der Waals surface area contributed by atoms with E-state index in [1.54, 1.807) is 6.33 Å². The van der Waals surface area contributed by atoms with Gasteiger partial charge in [-0.3, -0.25) is 0 Å². The summed E-state index contributed by atoms with van der Waals surface area (Å²) in [6, 6.07) is 7.49. The van der Waals surface area contributed by atoms with Gasteiger partial charge < -0.3 is 10.0 Å². The van der Waals surface area contributed by atoms with Crippen molar-refractivity contribution in [2.45, 2.75) is 32.3 Å². The third kappa shape index (κ3) is 2.81. The Balaban J connectivity index is 1.77. The fourth-order valence-electron chi connectivity index (χ4n) is 2.98. The largest absolute Gasteiger partial charge is 0.385 e. The molecule has 1 saturated heterocycles. The molecule has 2 heterocycles. The normalized spacial score (nSPS) is 17.5. The van der Waals surface area contributed by atoms with Crippen molar-refractivity contribution in [1.82, 2.24) is 9.97 Å². The van der Waals surface area contributed by atoms with Gasteiger partial charge in [0.25, 0.3) is 0 Å². The van der Waals surface area contributed by atoms with Crippen molar-refractivity contribution in [1.29, 1.82) is 0 Å². The molecule has 116 valence electrons. The van der Waals surface area contributed by atoms with Crippen LogP contribution in [0.4, 0.5) is 5.82 Å². The maximum atomic E-state index is 10.9. The van der Waals surface area contributed by atoms with Gasteiger partial charge in [-0.15, -0.1) is 0 Å². The number of halogens is 1. The van der Waals surface area contributed by atoms with Crippen molar-refractivity contribution in [2.75, 3.05) is 18.0 Å². The molecule has 0 aliphatic carbocycles. The number of nitrogens with zero attached hydrogens (tertiary/aromatic N) is 3. The summed E-state index contributed by atoms with van der Waals surface area (Å²) in [6.45, 7) is 5.59. The second-order valence-corrected chi connectivity index (χ2v) is 6.37. The molecule has 0 unspecified atom stereocenters. The minimum Gasteiger partial charge on any atom is -0.385 e. The van der Waals surface area contributed by atoms with Crippen molar-refractivity contribution in [3.05, 3.63) is 52.4 Å². The molecule has 1 aliphatic rings. The van der Waals surface area contributed by atoms with Crippen LogP contribution in [0.3, 0.4) is 0 Å². The molecule has 0 spiro atoms. The fourth-order valence-corrected chi connectivity index (χ4v) is 3.11. The average molecular weight is 318 g/mol. The summed E-state index contributed by atoms with van der Waals surface area (Å²) in [5.41, 5.74) is 2.27. The van der Waals surface area contributed by atoms with Gasteiger partial charge in [0.15, 0.2) is 0 Å². The standard InChI is InChI=1S/C17H20ClN3O/c1-12-13(2)19-11-20-16(12)21-9-7-17(22,8-10-21)14-3-5-15(18)6-4-14/h3-6,11,22H,7-10H2,1-2H3. The zero-order chi connectivity index (χ0) is 15.7. The Morgan fingerprint density at radius 2 is 1.73 bits per heavy atom. The van der Waals surface area contributed by atoms with Crippen molar-refractivity contribution in [3.8, 4) is 0 Å². The molecule has 0 atom stereocenters. The van der Waals surface area contributed by atoms with Gasteiger partial charge in [-0.25, -0.2) is 9.97 Å². The number of hydrogen-bond acceptors (Lipinski definition) is 4. The Kier molecular flexibility index (Phi) is 4.06. The molecule has 0 radical (unpaired) electrons. The first-order chi connectivity index (χ1) is 10.5. The summed E-state index contributed by atoms with van der Waals surface area (Å²) >= 11 is 5.93. The SMILES string of the molecule is Cc1ncnc(N2CCC(O)(c3ccc(Cl)cc3)CC2)c1C. The van der Waals surface area contributed by atoms with Gasteiger partial charge in [-0.1, -0.05) is 23.7 Å². The number of anilines is 1. The molecule has 3 rings (SSSR count). The molecular formula is C17H20ClN3O. The lowest BCUT2D eigenvalue weighted by molar-refractivity contribution is 0.0116. The van der Waals surface area contributed by atoms with E-state index >= 15 is 0 Å². The first-order valence-electron chi connectivity index (χ1n) is 7.51. The zero-order valence-corrected chi connectivity index (χ0v) is 13.6. The van der Waals surface area contributed by atoms with Crippen molar-refractivity contribution in [2.24, 2.45) is 0 Å². The topological polar surface area (TPSA) is 49.2 Å². The van der Waals surface area contributed by atoms with E-state index in [-0.39, 0.29) is 0 Å². The number of benzene rings is 1. The van der Waals surface area contributed by atoms with Gasteiger partial charge in [0.2, 0.25) is 0 Å². The van der Waals surface area contributed by atoms with Gasteiger partial charge in [-0.05, 0) is 44.4 Å². The Morgan fingerprint density at radius 3 is 2.36 bits per heavy atom. The summed E-state index contributed by atoms with van der Waals surface area (Å²) in [4.78, 5) is 10.9. The highest BCUT2D eigenvalue weighted by Gasteiger charge is 2.34.